The lowest BCUT2D eigenvalue weighted by Gasteiger charge is -2.07. The van der Waals surface area contributed by atoms with Gasteiger partial charge in [-0.25, -0.2) is 0 Å². The first kappa shape index (κ1) is 19.7. The molecular weight excluding hydrogens is 381 g/mol. The molecule has 1 N–H and O–H groups in total. The van der Waals surface area contributed by atoms with Gasteiger partial charge in [-0.2, -0.15) is 23.4 Å². The second-order valence-corrected chi connectivity index (χ2v) is 5.72. The van der Waals surface area contributed by atoms with Gasteiger partial charge in [0.05, 0.1) is 15.6 Å². The average Bonchev–Trinajstić information content (AvgIpc) is 3.05. The number of hydrogen-bond donors (Lipinski definition) is 1. The van der Waals surface area contributed by atoms with Gasteiger partial charge in [0, 0.05) is 20.1 Å². The van der Waals surface area contributed by atoms with E-state index in [-0.39, 0.29) is 30.9 Å². The van der Waals surface area contributed by atoms with Gasteiger partial charge in [0.1, 0.15) is 6.20 Å². The number of carbonyl (C=O) groups is 1. The number of nitrogens with one attached hydrogen (secondary N) is 1. The number of hydrogen-bond acceptors (Lipinski definition) is 5. The van der Waals surface area contributed by atoms with Gasteiger partial charge in [0.15, 0.2) is 5.69 Å². The van der Waals surface area contributed by atoms with Crippen LogP contribution in [0.5, 0.6) is 0 Å². The predicted molar refractivity (Wildman–Crippen MR) is 83.8 cm³/mol. The molecule has 0 aliphatic heterocycles. The van der Waals surface area contributed by atoms with Crippen LogP contribution in [0.15, 0.2) is 6.20 Å². The van der Waals surface area contributed by atoms with E-state index in [4.69, 9.17) is 11.6 Å². The summed E-state index contributed by atoms with van der Waals surface area (Å²) in [5.74, 6) is -0.706. The van der Waals surface area contributed by atoms with Gasteiger partial charge in [0.2, 0.25) is 5.69 Å². The molecule has 0 saturated heterocycles. The Hall–Kier alpha value is -2.63. The monoisotopic (exact) mass is 394 g/mol. The van der Waals surface area contributed by atoms with E-state index in [1.54, 1.807) is 0 Å². The summed E-state index contributed by atoms with van der Waals surface area (Å²) < 4.78 is 40.4. The molecule has 13 heteroatoms. The van der Waals surface area contributed by atoms with Crippen molar-refractivity contribution in [2.45, 2.75) is 26.1 Å². The summed E-state index contributed by atoms with van der Waals surface area (Å²) in [5.41, 5.74) is -1.65. The minimum atomic E-state index is -4.65. The topological polar surface area (TPSA) is 108 Å². The Bertz CT molecular complexity index is 845. The molecule has 2 aromatic rings. The number of amides is 1. The summed E-state index contributed by atoms with van der Waals surface area (Å²) in [6, 6.07) is 0. The molecule has 26 heavy (non-hydrogen) atoms. The highest BCUT2D eigenvalue weighted by atomic mass is 35.5. The van der Waals surface area contributed by atoms with Crippen LogP contribution in [0.25, 0.3) is 0 Å². The predicted octanol–water partition coefficient (Wildman–Crippen LogP) is 2.33. The van der Waals surface area contributed by atoms with Gasteiger partial charge in [-0.05, 0) is 13.3 Å². The van der Waals surface area contributed by atoms with Gasteiger partial charge in [-0.1, -0.05) is 11.6 Å². The quantitative estimate of drug-likeness (QED) is 0.459. The van der Waals surface area contributed by atoms with E-state index in [9.17, 15) is 28.1 Å². The minimum Gasteiger partial charge on any atom is -0.350 e. The van der Waals surface area contributed by atoms with Crippen molar-refractivity contribution >= 4 is 23.2 Å². The Morgan fingerprint density at radius 1 is 1.46 bits per heavy atom. The van der Waals surface area contributed by atoms with Gasteiger partial charge >= 0.3 is 11.9 Å². The van der Waals surface area contributed by atoms with E-state index in [1.165, 1.54) is 14.0 Å². The highest BCUT2D eigenvalue weighted by molar-refractivity contribution is 6.31. The van der Waals surface area contributed by atoms with Crippen LogP contribution in [0.2, 0.25) is 5.02 Å². The maximum Gasteiger partial charge on any atom is 0.436 e. The van der Waals surface area contributed by atoms with E-state index in [2.05, 4.69) is 15.5 Å². The molecule has 0 aliphatic rings. The molecular formula is C13H14ClF3N6O3. The molecule has 9 nitrogen and oxygen atoms in total. The van der Waals surface area contributed by atoms with Gasteiger partial charge in [0.25, 0.3) is 5.91 Å². The van der Waals surface area contributed by atoms with Crippen LogP contribution in [0, 0.1) is 17.0 Å². The summed E-state index contributed by atoms with van der Waals surface area (Å²) in [4.78, 5) is 22.2. The molecule has 0 spiro atoms. The van der Waals surface area contributed by atoms with Gasteiger partial charge in [-0.3, -0.25) is 24.3 Å². The number of nitrogens with zero attached hydrogens (tertiary/aromatic N) is 5. The highest BCUT2D eigenvalue weighted by Crippen LogP contribution is 2.35. The maximum absolute atomic E-state index is 12.8. The number of aryl methyl sites for hydroxylation is 2. The van der Waals surface area contributed by atoms with E-state index in [1.807, 2.05) is 0 Å². The summed E-state index contributed by atoms with van der Waals surface area (Å²) >= 11 is 5.65. The Morgan fingerprint density at radius 2 is 2.12 bits per heavy atom. The lowest BCUT2D eigenvalue weighted by molar-refractivity contribution is -0.385. The van der Waals surface area contributed by atoms with Gasteiger partial charge in [-0.15, -0.1) is 0 Å². The maximum atomic E-state index is 12.8. The minimum absolute atomic E-state index is 0.0689. The third-order valence-corrected chi connectivity index (χ3v) is 4.02. The Kier molecular flexibility index (Phi) is 5.54. The fraction of sp³-hybridized carbons (Fsp3) is 0.462. The van der Waals surface area contributed by atoms with Crippen molar-refractivity contribution in [1.82, 2.24) is 24.9 Å². The van der Waals surface area contributed by atoms with Crippen molar-refractivity contribution in [2.24, 2.45) is 7.05 Å². The largest absolute Gasteiger partial charge is 0.436 e. The van der Waals surface area contributed by atoms with Crippen LogP contribution in [0.3, 0.4) is 0 Å². The molecule has 142 valence electrons. The van der Waals surface area contributed by atoms with Crippen LogP contribution in [0.4, 0.5) is 18.9 Å². The Balaban J connectivity index is 1.97. The van der Waals surface area contributed by atoms with Crippen LogP contribution in [-0.2, 0) is 19.8 Å². The lowest BCUT2D eigenvalue weighted by Crippen LogP contribution is -2.28. The SMILES string of the molecule is Cc1c(Cl)c(C(F)(F)F)nn1CCCNC(=O)c1c([N+](=O)[O-])cnn1C. The summed E-state index contributed by atoms with van der Waals surface area (Å²) in [6.07, 6.45) is -3.45. The first-order chi connectivity index (χ1) is 12.0. The Morgan fingerprint density at radius 3 is 2.65 bits per heavy atom. The fourth-order valence-electron chi connectivity index (χ4n) is 2.26. The number of nitro groups is 1. The molecule has 2 heterocycles. The number of halogens is 4. The fourth-order valence-corrected chi connectivity index (χ4v) is 2.50. The summed E-state index contributed by atoms with van der Waals surface area (Å²) in [7, 11) is 1.38. The molecule has 1 amide bonds. The zero-order chi connectivity index (χ0) is 19.6. The molecule has 0 fully saturated rings. The van der Waals surface area contributed by atoms with Crippen LogP contribution >= 0.6 is 11.6 Å². The number of alkyl halides is 3. The molecule has 0 atom stereocenters. The number of aromatic nitrogens is 4. The van der Waals surface area contributed by atoms with Crippen LogP contribution in [-0.4, -0.2) is 36.9 Å². The first-order valence-corrected chi connectivity index (χ1v) is 7.66. The zero-order valence-corrected chi connectivity index (χ0v) is 14.4. The van der Waals surface area contributed by atoms with Crippen molar-refractivity contribution in [2.75, 3.05) is 6.54 Å². The van der Waals surface area contributed by atoms with E-state index in [0.717, 1.165) is 15.6 Å². The average molecular weight is 395 g/mol. The second kappa shape index (κ2) is 7.32. The van der Waals surface area contributed by atoms with Crippen molar-refractivity contribution in [1.29, 1.82) is 0 Å². The molecule has 0 radical (unpaired) electrons. The summed E-state index contributed by atoms with van der Waals surface area (Å²) in [6.45, 7) is 1.55. The van der Waals surface area contributed by atoms with Gasteiger partial charge < -0.3 is 5.32 Å². The van der Waals surface area contributed by atoms with Crippen molar-refractivity contribution < 1.29 is 22.9 Å². The second-order valence-electron chi connectivity index (χ2n) is 5.34. The van der Waals surface area contributed by atoms with E-state index < -0.39 is 33.4 Å². The third-order valence-electron chi connectivity index (χ3n) is 3.57. The highest BCUT2D eigenvalue weighted by Gasteiger charge is 2.38. The van der Waals surface area contributed by atoms with Crippen molar-refractivity contribution in [3.05, 3.63) is 38.4 Å². The van der Waals surface area contributed by atoms with Crippen molar-refractivity contribution in [3.63, 3.8) is 0 Å². The standard InChI is InChI=1S/C13H14ClF3N6O3/c1-7-9(14)11(13(15,16)17)20-22(7)5-3-4-18-12(24)10-8(23(25)26)6-19-21(10)2/h6H,3-5H2,1-2H3,(H,18,24). The third kappa shape index (κ3) is 3.95. The summed E-state index contributed by atoms with van der Waals surface area (Å²) in [5, 5.41) is 20.0. The van der Waals surface area contributed by atoms with E-state index >= 15 is 0 Å². The smallest absolute Gasteiger partial charge is 0.350 e. The molecule has 2 aromatic heterocycles. The Labute approximate surface area is 149 Å². The molecule has 0 saturated carbocycles. The molecule has 0 aliphatic carbocycles. The van der Waals surface area contributed by atoms with Crippen LogP contribution < -0.4 is 5.32 Å². The molecule has 0 aromatic carbocycles. The van der Waals surface area contributed by atoms with Crippen LogP contribution in [0.1, 0.15) is 28.3 Å². The normalized spacial score (nSPS) is 11.6. The van der Waals surface area contributed by atoms with E-state index in [0.29, 0.717) is 0 Å². The molecule has 2 rings (SSSR count). The first-order valence-electron chi connectivity index (χ1n) is 7.28. The zero-order valence-electron chi connectivity index (χ0n) is 13.7. The molecule has 0 unspecified atom stereocenters. The van der Waals surface area contributed by atoms with Crippen molar-refractivity contribution in [3.8, 4) is 0 Å². The number of carbonyl (C=O) groups excluding carboxylic acids is 1. The molecule has 0 bridgehead atoms. The number of rotatable bonds is 6. The lowest BCUT2D eigenvalue weighted by atomic mass is 10.3.